The summed E-state index contributed by atoms with van der Waals surface area (Å²) in [6, 6.07) is 1.57. The molecule has 1 atom stereocenters. The molecule has 0 saturated carbocycles. The Kier molecular flexibility index (Phi) is 4.78. The highest BCUT2D eigenvalue weighted by Crippen LogP contribution is 2.38. The van der Waals surface area contributed by atoms with Crippen LogP contribution in [0, 0.1) is 0 Å². The zero-order valence-corrected chi connectivity index (χ0v) is 14.6. The molecule has 0 aliphatic carbocycles. The standard InChI is InChI=1S/C15H25N3O4S/c1-3-18-14(6-9-16-18)23(19,20)17-10-7-15(8-11-17)13(21-2)5-4-12-22-15/h6,9,13H,3-5,7-8,10-12H2,1-2H3/t13-/m1/s1. The number of sulfonamides is 1. The van der Waals surface area contributed by atoms with Crippen molar-refractivity contribution in [1.82, 2.24) is 14.1 Å². The third kappa shape index (κ3) is 2.93. The van der Waals surface area contributed by atoms with Gasteiger partial charge in [-0.3, -0.25) is 4.68 Å². The number of nitrogens with zero attached hydrogens (tertiary/aromatic N) is 3. The van der Waals surface area contributed by atoms with Crippen LogP contribution in [0.5, 0.6) is 0 Å². The molecule has 2 aliphatic rings. The number of hydrogen-bond donors (Lipinski definition) is 0. The van der Waals surface area contributed by atoms with Crippen LogP contribution >= 0.6 is 0 Å². The molecule has 3 rings (SSSR count). The van der Waals surface area contributed by atoms with Crippen molar-refractivity contribution in [3.63, 3.8) is 0 Å². The van der Waals surface area contributed by atoms with Gasteiger partial charge in [-0.15, -0.1) is 0 Å². The maximum Gasteiger partial charge on any atom is 0.260 e. The highest BCUT2D eigenvalue weighted by molar-refractivity contribution is 7.89. The second kappa shape index (κ2) is 6.51. The molecule has 0 N–H and O–H groups in total. The van der Waals surface area contributed by atoms with Crippen molar-refractivity contribution < 1.29 is 17.9 Å². The Bertz CT molecular complexity index is 635. The summed E-state index contributed by atoms with van der Waals surface area (Å²) in [7, 11) is -1.79. The minimum Gasteiger partial charge on any atom is -0.378 e. The summed E-state index contributed by atoms with van der Waals surface area (Å²) >= 11 is 0. The van der Waals surface area contributed by atoms with Crippen LogP contribution in [0.4, 0.5) is 0 Å². The van der Waals surface area contributed by atoms with Gasteiger partial charge in [-0.25, -0.2) is 8.42 Å². The summed E-state index contributed by atoms with van der Waals surface area (Å²) < 4.78 is 40.4. The van der Waals surface area contributed by atoms with Crippen LogP contribution in [0.3, 0.4) is 0 Å². The van der Waals surface area contributed by atoms with E-state index in [1.807, 2.05) is 6.92 Å². The van der Waals surface area contributed by atoms with Gasteiger partial charge < -0.3 is 9.47 Å². The van der Waals surface area contributed by atoms with Gasteiger partial charge in [-0.1, -0.05) is 0 Å². The molecule has 0 amide bonds. The van der Waals surface area contributed by atoms with Gasteiger partial charge in [0.1, 0.15) is 0 Å². The number of aromatic nitrogens is 2. The Morgan fingerprint density at radius 2 is 2.17 bits per heavy atom. The summed E-state index contributed by atoms with van der Waals surface area (Å²) in [6.07, 6.45) is 4.91. The quantitative estimate of drug-likeness (QED) is 0.823. The molecule has 3 heterocycles. The van der Waals surface area contributed by atoms with Crippen LogP contribution in [0.15, 0.2) is 17.3 Å². The first-order chi connectivity index (χ1) is 11.0. The second-order valence-corrected chi connectivity index (χ2v) is 8.05. The minimum atomic E-state index is -3.50. The van der Waals surface area contributed by atoms with Crippen LogP contribution < -0.4 is 0 Å². The van der Waals surface area contributed by atoms with E-state index in [0.717, 1.165) is 19.4 Å². The van der Waals surface area contributed by atoms with Gasteiger partial charge in [-0.05, 0) is 38.7 Å². The highest BCUT2D eigenvalue weighted by atomic mass is 32.2. The smallest absolute Gasteiger partial charge is 0.260 e. The van der Waals surface area contributed by atoms with Crippen LogP contribution in [0.1, 0.15) is 32.6 Å². The first-order valence-electron chi connectivity index (χ1n) is 8.22. The molecular formula is C15H25N3O4S. The Labute approximate surface area is 137 Å². The zero-order chi connectivity index (χ0) is 16.5. The second-order valence-electron chi connectivity index (χ2n) is 6.17. The van der Waals surface area contributed by atoms with E-state index in [9.17, 15) is 8.42 Å². The number of aryl methyl sites for hydroxylation is 1. The molecule has 2 saturated heterocycles. The van der Waals surface area contributed by atoms with Crippen LogP contribution in [-0.2, 0) is 26.0 Å². The number of ether oxygens (including phenoxy) is 2. The molecule has 0 radical (unpaired) electrons. The molecule has 8 heteroatoms. The summed E-state index contributed by atoms with van der Waals surface area (Å²) in [5, 5.41) is 4.34. The van der Waals surface area contributed by atoms with Gasteiger partial charge in [0.2, 0.25) is 0 Å². The molecule has 1 aromatic rings. The lowest BCUT2D eigenvalue weighted by Gasteiger charge is -2.47. The highest BCUT2D eigenvalue weighted by Gasteiger charge is 2.46. The summed E-state index contributed by atoms with van der Waals surface area (Å²) in [6.45, 7) is 4.06. The number of methoxy groups -OCH3 is 1. The van der Waals surface area contributed by atoms with Gasteiger partial charge >= 0.3 is 0 Å². The first-order valence-corrected chi connectivity index (χ1v) is 9.66. The normalized spacial score (nSPS) is 25.7. The molecule has 0 unspecified atom stereocenters. The molecule has 1 aromatic heterocycles. The van der Waals surface area contributed by atoms with E-state index in [-0.39, 0.29) is 16.7 Å². The average molecular weight is 343 g/mol. The van der Waals surface area contributed by atoms with E-state index in [0.29, 0.717) is 32.5 Å². The van der Waals surface area contributed by atoms with Gasteiger partial charge in [0.15, 0.2) is 5.03 Å². The van der Waals surface area contributed by atoms with E-state index >= 15 is 0 Å². The topological polar surface area (TPSA) is 73.7 Å². The molecule has 23 heavy (non-hydrogen) atoms. The van der Waals surface area contributed by atoms with Crippen molar-refractivity contribution in [1.29, 1.82) is 0 Å². The summed E-state index contributed by atoms with van der Waals surface area (Å²) in [4.78, 5) is 0. The van der Waals surface area contributed by atoms with E-state index in [4.69, 9.17) is 9.47 Å². The fourth-order valence-corrected chi connectivity index (χ4v) is 5.32. The Morgan fingerprint density at radius 1 is 1.43 bits per heavy atom. The maximum absolute atomic E-state index is 12.8. The maximum atomic E-state index is 12.8. The fourth-order valence-electron chi connectivity index (χ4n) is 3.71. The molecule has 0 bridgehead atoms. The average Bonchev–Trinajstić information content (AvgIpc) is 3.05. The van der Waals surface area contributed by atoms with Crippen LogP contribution in [-0.4, -0.2) is 61.0 Å². The number of piperidine rings is 1. The van der Waals surface area contributed by atoms with Gasteiger partial charge in [0, 0.05) is 33.4 Å². The number of rotatable bonds is 4. The lowest BCUT2D eigenvalue weighted by atomic mass is 9.82. The Balaban J connectivity index is 1.76. The first kappa shape index (κ1) is 16.9. The van der Waals surface area contributed by atoms with E-state index in [1.165, 1.54) is 10.9 Å². The van der Waals surface area contributed by atoms with Crippen molar-refractivity contribution in [2.75, 3.05) is 26.8 Å². The lowest BCUT2D eigenvalue weighted by Crippen LogP contribution is -2.56. The van der Waals surface area contributed by atoms with Gasteiger partial charge in [0.25, 0.3) is 10.0 Å². The molecular weight excluding hydrogens is 318 g/mol. The SMILES string of the molecule is CCn1nccc1S(=O)(=O)N1CCC2(CC1)OCCC[C@H]2OC. The Morgan fingerprint density at radius 3 is 2.83 bits per heavy atom. The van der Waals surface area contributed by atoms with E-state index in [2.05, 4.69) is 5.10 Å². The van der Waals surface area contributed by atoms with Crippen LogP contribution in [0.25, 0.3) is 0 Å². The molecule has 1 spiro atoms. The third-order valence-electron chi connectivity index (χ3n) is 5.02. The molecule has 0 aromatic carbocycles. The van der Waals surface area contributed by atoms with Gasteiger partial charge in [0.05, 0.1) is 17.9 Å². The zero-order valence-electron chi connectivity index (χ0n) is 13.8. The Hall–Kier alpha value is -0.960. The predicted octanol–water partition coefficient (Wildman–Crippen LogP) is 1.25. The fraction of sp³-hybridized carbons (Fsp3) is 0.800. The van der Waals surface area contributed by atoms with E-state index in [1.54, 1.807) is 17.5 Å². The van der Waals surface area contributed by atoms with Crippen molar-refractivity contribution in [3.05, 3.63) is 12.3 Å². The number of hydrogen-bond acceptors (Lipinski definition) is 5. The van der Waals surface area contributed by atoms with Crippen molar-refractivity contribution in [2.24, 2.45) is 0 Å². The van der Waals surface area contributed by atoms with E-state index < -0.39 is 10.0 Å². The summed E-state index contributed by atoms with van der Waals surface area (Å²) in [5.41, 5.74) is -0.329. The minimum absolute atomic E-state index is 0.0577. The monoisotopic (exact) mass is 343 g/mol. The largest absolute Gasteiger partial charge is 0.378 e. The van der Waals surface area contributed by atoms with Crippen LogP contribution in [0.2, 0.25) is 0 Å². The van der Waals surface area contributed by atoms with Gasteiger partial charge in [-0.2, -0.15) is 9.40 Å². The summed E-state index contributed by atoms with van der Waals surface area (Å²) in [5.74, 6) is 0. The molecule has 2 aliphatic heterocycles. The van der Waals surface area contributed by atoms with Crippen molar-refractivity contribution >= 4 is 10.0 Å². The lowest BCUT2D eigenvalue weighted by molar-refractivity contribution is -0.182. The van der Waals surface area contributed by atoms with Crippen molar-refractivity contribution in [3.8, 4) is 0 Å². The molecule has 2 fully saturated rings. The molecule has 130 valence electrons. The predicted molar refractivity (Wildman–Crippen MR) is 84.6 cm³/mol. The molecule has 7 nitrogen and oxygen atoms in total. The van der Waals surface area contributed by atoms with Crippen molar-refractivity contribution in [2.45, 2.75) is 55.9 Å². The third-order valence-corrected chi connectivity index (χ3v) is 6.94.